The molecule has 6 nitrogen and oxygen atoms in total. The monoisotopic (exact) mass is 226 g/mol. The molecular weight excluding hydrogens is 212 g/mol. The van der Waals surface area contributed by atoms with Gasteiger partial charge in [0.1, 0.15) is 5.57 Å². The number of rotatable bonds is 3. The number of carbonyl (C=O) groups excluding carboxylic acids is 1. The molecule has 0 bridgehead atoms. The van der Waals surface area contributed by atoms with Gasteiger partial charge in [0.25, 0.3) is 0 Å². The normalized spacial score (nSPS) is 24.3. The molecular formula is C10H14N2O4. The summed E-state index contributed by atoms with van der Waals surface area (Å²) in [5, 5.41) is 17.9. The maximum absolute atomic E-state index is 11.3. The van der Waals surface area contributed by atoms with Crippen molar-refractivity contribution < 1.29 is 14.5 Å². The minimum Gasteiger partial charge on any atom is -0.465 e. The summed E-state index contributed by atoms with van der Waals surface area (Å²) in [5.41, 5.74) is -0.0103. The fraction of sp³-hybridized carbons (Fsp3) is 0.700. The Kier molecular flexibility index (Phi) is 4.19. The number of nitro groups is 1. The highest BCUT2D eigenvalue weighted by Gasteiger charge is 2.39. The molecule has 0 saturated heterocycles. The van der Waals surface area contributed by atoms with Crippen LogP contribution in [0.5, 0.6) is 0 Å². The third-order valence-electron chi connectivity index (χ3n) is 2.91. The van der Waals surface area contributed by atoms with Gasteiger partial charge in [-0.05, 0) is 18.7 Å². The third kappa shape index (κ3) is 2.46. The Balaban J connectivity index is 2.94. The van der Waals surface area contributed by atoms with Crippen LogP contribution in [0.2, 0.25) is 0 Å². The Morgan fingerprint density at radius 1 is 1.50 bits per heavy atom. The molecule has 0 aromatic rings. The van der Waals surface area contributed by atoms with Gasteiger partial charge in [-0.2, -0.15) is 0 Å². The van der Waals surface area contributed by atoms with Crippen LogP contribution in [0.25, 0.3) is 0 Å². The second-order valence-corrected chi connectivity index (χ2v) is 3.77. The Hall–Kier alpha value is -1.68. The summed E-state index contributed by atoms with van der Waals surface area (Å²) in [7, 11) is 1.20. The summed E-state index contributed by atoms with van der Waals surface area (Å²) in [6, 6.07) is -0.791. The number of methoxy groups -OCH3 is 1. The molecule has 1 aliphatic rings. The van der Waals surface area contributed by atoms with Crippen molar-refractivity contribution in [1.82, 2.24) is 0 Å². The topological polar surface area (TPSA) is 93.3 Å². The fourth-order valence-electron chi connectivity index (χ4n) is 2.11. The Morgan fingerprint density at radius 3 is 2.62 bits per heavy atom. The van der Waals surface area contributed by atoms with Gasteiger partial charge < -0.3 is 4.74 Å². The molecule has 88 valence electrons. The van der Waals surface area contributed by atoms with Crippen LogP contribution in [0.3, 0.4) is 0 Å². The first-order valence-electron chi connectivity index (χ1n) is 5.13. The molecule has 1 N–H and O–H groups in total. The second kappa shape index (κ2) is 5.42. The van der Waals surface area contributed by atoms with Crippen LogP contribution >= 0.6 is 0 Å². The van der Waals surface area contributed by atoms with Crippen molar-refractivity contribution in [2.75, 3.05) is 7.11 Å². The minimum absolute atomic E-state index is 0.0103. The van der Waals surface area contributed by atoms with Gasteiger partial charge in [-0.25, -0.2) is 4.79 Å². The van der Waals surface area contributed by atoms with Crippen molar-refractivity contribution in [1.29, 1.82) is 5.41 Å². The lowest BCUT2D eigenvalue weighted by Gasteiger charge is -2.24. The summed E-state index contributed by atoms with van der Waals surface area (Å²) in [5.74, 6) is 0.775. The molecule has 0 heterocycles. The van der Waals surface area contributed by atoms with Crippen LogP contribution in [0, 0.1) is 21.4 Å². The zero-order valence-corrected chi connectivity index (χ0v) is 9.06. The van der Waals surface area contributed by atoms with Crippen LogP contribution in [-0.4, -0.2) is 29.9 Å². The predicted molar refractivity (Wildman–Crippen MR) is 56.0 cm³/mol. The molecule has 6 heteroatoms. The third-order valence-corrected chi connectivity index (χ3v) is 2.91. The highest BCUT2D eigenvalue weighted by atomic mass is 16.6. The Bertz CT molecular complexity index is 347. The van der Waals surface area contributed by atoms with E-state index in [1.807, 2.05) is 5.87 Å². The van der Waals surface area contributed by atoms with Gasteiger partial charge in [0.05, 0.1) is 13.0 Å². The zero-order chi connectivity index (χ0) is 12.1. The molecule has 0 spiro atoms. The van der Waals surface area contributed by atoms with Crippen molar-refractivity contribution in [2.24, 2.45) is 5.92 Å². The average Bonchev–Trinajstić information content (AvgIpc) is 2.30. The van der Waals surface area contributed by atoms with Crippen LogP contribution in [0.4, 0.5) is 0 Å². The first-order valence-corrected chi connectivity index (χ1v) is 5.13. The van der Waals surface area contributed by atoms with Crippen molar-refractivity contribution in [3.8, 4) is 0 Å². The molecule has 2 atom stereocenters. The molecule has 1 aliphatic carbocycles. The Labute approximate surface area is 92.9 Å². The largest absolute Gasteiger partial charge is 0.465 e. The lowest BCUT2D eigenvalue weighted by molar-refractivity contribution is -0.533. The Morgan fingerprint density at radius 2 is 2.12 bits per heavy atom. The molecule has 0 aliphatic heterocycles. The maximum Gasteiger partial charge on any atom is 0.343 e. The summed E-state index contributed by atoms with van der Waals surface area (Å²) in [6.45, 7) is 0. The van der Waals surface area contributed by atoms with Crippen LogP contribution in [0.15, 0.2) is 5.57 Å². The first-order chi connectivity index (χ1) is 7.61. The molecule has 16 heavy (non-hydrogen) atoms. The van der Waals surface area contributed by atoms with Crippen molar-refractivity contribution >= 4 is 11.8 Å². The van der Waals surface area contributed by atoms with Crippen molar-refractivity contribution in [2.45, 2.75) is 31.7 Å². The van der Waals surface area contributed by atoms with E-state index in [0.29, 0.717) is 12.8 Å². The molecule has 0 aromatic carbocycles. The standard InChI is InChI=1S/C10H14N2O4/c1-16-10(13)8(6-11)7-4-2-3-5-9(7)12(14)15/h7,9,11H,2-5H2,1H3. The summed E-state index contributed by atoms with van der Waals surface area (Å²) in [4.78, 5) is 21.8. The number of hydrogen-bond acceptors (Lipinski definition) is 5. The molecule has 0 radical (unpaired) electrons. The zero-order valence-electron chi connectivity index (χ0n) is 9.06. The number of nitrogens with one attached hydrogen (secondary N) is 1. The summed E-state index contributed by atoms with van der Waals surface area (Å²) < 4.78 is 4.50. The summed E-state index contributed by atoms with van der Waals surface area (Å²) >= 11 is 0. The van der Waals surface area contributed by atoms with E-state index >= 15 is 0 Å². The van der Waals surface area contributed by atoms with Crippen molar-refractivity contribution in [3.63, 3.8) is 0 Å². The van der Waals surface area contributed by atoms with E-state index in [-0.39, 0.29) is 10.5 Å². The van der Waals surface area contributed by atoms with E-state index in [2.05, 4.69) is 4.74 Å². The van der Waals surface area contributed by atoms with E-state index in [4.69, 9.17) is 5.41 Å². The predicted octanol–water partition coefficient (Wildman–Crippen LogP) is 1.17. The van der Waals surface area contributed by atoms with E-state index < -0.39 is 17.9 Å². The first kappa shape index (κ1) is 12.4. The number of ether oxygens (including phenoxy) is 1. The van der Waals surface area contributed by atoms with Crippen LogP contribution < -0.4 is 0 Å². The van der Waals surface area contributed by atoms with Gasteiger partial charge in [-0.3, -0.25) is 15.5 Å². The lowest BCUT2D eigenvalue weighted by Crippen LogP contribution is -2.35. The number of hydrogen-bond donors (Lipinski definition) is 1. The highest BCUT2D eigenvalue weighted by Crippen LogP contribution is 2.31. The number of carbonyl (C=O) groups is 1. The molecule has 1 saturated carbocycles. The molecule has 0 aromatic heterocycles. The van der Waals surface area contributed by atoms with Gasteiger partial charge in [-0.1, -0.05) is 6.42 Å². The van der Waals surface area contributed by atoms with E-state index in [9.17, 15) is 14.9 Å². The number of nitrogens with zero attached hydrogens (tertiary/aromatic N) is 1. The van der Waals surface area contributed by atoms with Crippen molar-refractivity contribution in [3.05, 3.63) is 15.7 Å². The quantitative estimate of drug-likeness (QED) is 0.257. The molecule has 1 rings (SSSR count). The van der Waals surface area contributed by atoms with E-state index in [1.54, 1.807) is 0 Å². The number of esters is 1. The molecule has 1 fully saturated rings. The summed E-state index contributed by atoms with van der Waals surface area (Å²) in [6.07, 6.45) is 2.60. The average molecular weight is 226 g/mol. The van der Waals surface area contributed by atoms with Crippen LogP contribution in [0.1, 0.15) is 25.7 Å². The van der Waals surface area contributed by atoms with Gasteiger partial charge in [0.2, 0.25) is 6.04 Å². The molecule has 2 unspecified atom stereocenters. The SMILES string of the molecule is COC(=O)C(=C=N)C1CCCCC1[N+](=O)[O-]. The maximum atomic E-state index is 11.3. The van der Waals surface area contributed by atoms with E-state index in [1.165, 1.54) is 7.11 Å². The van der Waals surface area contributed by atoms with E-state index in [0.717, 1.165) is 12.8 Å². The van der Waals surface area contributed by atoms with Gasteiger partial charge >= 0.3 is 5.97 Å². The fourth-order valence-corrected chi connectivity index (χ4v) is 2.11. The lowest BCUT2D eigenvalue weighted by atomic mass is 9.80. The minimum atomic E-state index is -0.791. The highest BCUT2D eigenvalue weighted by molar-refractivity contribution is 5.97. The van der Waals surface area contributed by atoms with Gasteiger partial charge in [0.15, 0.2) is 0 Å². The second-order valence-electron chi connectivity index (χ2n) is 3.77. The van der Waals surface area contributed by atoms with Crippen LogP contribution in [-0.2, 0) is 9.53 Å². The van der Waals surface area contributed by atoms with Gasteiger partial charge in [0, 0.05) is 11.3 Å². The molecule has 0 amide bonds. The van der Waals surface area contributed by atoms with Gasteiger partial charge in [-0.15, -0.1) is 0 Å². The smallest absolute Gasteiger partial charge is 0.343 e.